The molecule has 1 aliphatic carbocycles. The van der Waals surface area contributed by atoms with Crippen molar-refractivity contribution in [1.82, 2.24) is 15.1 Å². The second-order valence-corrected chi connectivity index (χ2v) is 7.97. The molecule has 4 rings (SSSR count). The molecule has 3 aromatic rings. The Balaban J connectivity index is 1.44. The smallest absolute Gasteiger partial charge is 0.276 e. The normalized spacial score (nSPS) is 13.0. The summed E-state index contributed by atoms with van der Waals surface area (Å²) in [6.45, 7) is 1.97. The molecule has 1 fully saturated rings. The van der Waals surface area contributed by atoms with E-state index in [0.717, 1.165) is 24.1 Å². The number of hydrogen-bond donors (Lipinski definition) is 2. The lowest BCUT2D eigenvalue weighted by molar-refractivity contribution is -0.117. The van der Waals surface area contributed by atoms with Gasteiger partial charge in [-0.15, -0.1) is 0 Å². The average Bonchev–Trinajstić information content (AvgIpc) is 3.59. The van der Waals surface area contributed by atoms with Gasteiger partial charge in [-0.3, -0.25) is 14.4 Å². The SMILES string of the molecule is Cc1cc(=O)c(C(=O)NCc2ccc(NC(=O)C3CC3)cc2)nn1-c1ccc(Cl)cc1. The Morgan fingerprint density at radius 2 is 1.77 bits per heavy atom. The standard InChI is InChI=1S/C23H21ClN4O3/c1-14-12-20(29)21(27-28(14)19-10-6-17(24)7-11-19)23(31)25-13-15-2-8-18(9-3-15)26-22(30)16-4-5-16/h2-3,6-12,16H,4-5,13H2,1H3,(H,25,31)(H,26,30). The number of anilines is 1. The number of nitrogens with one attached hydrogen (secondary N) is 2. The molecule has 158 valence electrons. The molecule has 1 saturated carbocycles. The molecule has 8 heteroatoms. The number of carbonyl (C=O) groups excluding carboxylic acids is 2. The maximum Gasteiger partial charge on any atom is 0.276 e. The zero-order valence-corrected chi connectivity index (χ0v) is 17.6. The fraction of sp³-hybridized carbons (Fsp3) is 0.217. The molecule has 0 saturated heterocycles. The van der Waals surface area contributed by atoms with E-state index in [9.17, 15) is 14.4 Å². The maximum absolute atomic E-state index is 12.6. The van der Waals surface area contributed by atoms with Crippen LogP contribution in [0.1, 0.15) is 34.6 Å². The van der Waals surface area contributed by atoms with Crippen LogP contribution in [0.3, 0.4) is 0 Å². The van der Waals surface area contributed by atoms with E-state index < -0.39 is 11.3 Å². The van der Waals surface area contributed by atoms with E-state index in [-0.39, 0.29) is 24.1 Å². The lowest BCUT2D eigenvalue weighted by Gasteiger charge is -2.12. The third-order valence-electron chi connectivity index (χ3n) is 5.02. The van der Waals surface area contributed by atoms with Crippen molar-refractivity contribution < 1.29 is 9.59 Å². The van der Waals surface area contributed by atoms with Crippen LogP contribution in [0.2, 0.25) is 5.02 Å². The fourth-order valence-electron chi connectivity index (χ4n) is 3.11. The number of halogens is 1. The molecule has 0 radical (unpaired) electrons. The highest BCUT2D eigenvalue weighted by Crippen LogP contribution is 2.30. The zero-order valence-electron chi connectivity index (χ0n) is 16.9. The molecule has 1 aromatic heterocycles. The Hall–Kier alpha value is -3.45. The highest BCUT2D eigenvalue weighted by Gasteiger charge is 2.29. The summed E-state index contributed by atoms with van der Waals surface area (Å²) >= 11 is 5.93. The summed E-state index contributed by atoms with van der Waals surface area (Å²) in [5, 5.41) is 10.4. The molecule has 0 spiro atoms. The monoisotopic (exact) mass is 436 g/mol. The van der Waals surface area contributed by atoms with E-state index in [4.69, 9.17) is 11.6 Å². The number of rotatable bonds is 6. The summed E-state index contributed by atoms with van der Waals surface area (Å²) in [6.07, 6.45) is 1.89. The lowest BCUT2D eigenvalue weighted by atomic mass is 10.2. The Morgan fingerprint density at radius 3 is 2.42 bits per heavy atom. The minimum atomic E-state index is -0.557. The molecule has 0 atom stereocenters. The Kier molecular flexibility index (Phi) is 5.86. The first-order valence-corrected chi connectivity index (χ1v) is 10.3. The minimum Gasteiger partial charge on any atom is -0.346 e. The molecule has 31 heavy (non-hydrogen) atoms. The topological polar surface area (TPSA) is 93.1 Å². The van der Waals surface area contributed by atoms with Gasteiger partial charge in [-0.2, -0.15) is 5.10 Å². The van der Waals surface area contributed by atoms with Crippen molar-refractivity contribution >= 4 is 29.1 Å². The van der Waals surface area contributed by atoms with Crippen LogP contribution in [0.25, 0.3) is 5.69 Å². The van der Waals surface area contributed by atoms with Crippen molar-refractivity contribution in [2.24, 2.45) is 5.92 Å². The second-order valence-electron chi connectivity index (χ2n) is 7.53. The quantitative estimate of drug-likeness (QED) is 0.618. The van der Waals surface area contributed by atoms with E-state index in [1.54, 1.807) is 43.3 Å². The number of aryl methyl sites for hydroxylation is 1. The van der Waals surface area contributed by atoms with E-state index in [1.807, 2.05) is 12.1 Å². The van der Waals surface area contributed by atoms with Crippen LogP contribution in [-0.2, 0) is 11.3 Å². The fourth-order valence-corrected chi connectivity index (χ4v) is 3.24. The van der Waals surface area contributed by atoms with Gasteiger partial charge in [-0.1, -0.05) is 23.7 Å². The van der Waals surface area contributed by atoms with Crippen molar-refractivity contribution in [3.63, 3.8) is 0 Å². The molecular weight excluding hydrogens is 416 g/mol. The molecular formula is C23H21ClN4O3. The van der Waals surface area contributed by atoms with Gasteiger partial charge in [0.2, 0.25) is 11.3 Å². The van der Waals surface area contributed by atoms with Gasteiger partial charge in [-0.25, -0.2) is 4.68 Å². The van der Waals surface area contributed by atoms with Gasteiger partial charge in [-0.05, 0) is 61.7 Å². The molecule has 0 bridgehead atoms. The number of benzene rings is 2. The van der Waals surface area contributed by atoms with Crippen LogP contribution in [0.15, 0.2) is 59.4 Å². The van der Waals surface area contributed by atoms with Gasteiger partial charge in [0.05, 0.1) is 5.69 Å². The van der Waals surface area contributed by atoms with E-state index >= 15 is 0 Å². The number of amides is 2. The predicted molar refractivity (Wildman–Crippen MR) is 119 cm³/mol. The third-order valence-corrected chi connectivity index (χ3v) is 5.27. The van der Waals surface area contributed by atoms with Crippen LogP contribution >= 0.6 is 11.6 Å². The van der Waals surface area contributed by atoms with Crippen LogP contribution in [-0.4, -0.2) is 21.6 Å². The first-order valence-electron chi connectivity index (χ1n) is 9.95. The number of carbonyl (C=O) groups is 2. The number of nitrogens with zero attached hydrogens (tertiary/aromatic N) is 2. The predicted octanol–water partition coefficient (Wildman–Crippen LogP) is 3.47. The molecule has 0 unspecified atom stereocenters. The first kappa shape index (κ1) is 20.8. The number of aromatic nitrogens is 2. The van der Waals surface area contributed by atoms with Gasteiger partial charge in [0.15, 0.2) is 5.69 Å². The van der Waals surface area contributed by atoms with Gasteiger partial charge >= 0.3 is 0 Å². The molecule has 1 heterocycles. The number of hydrogen-bond acceptors (Lipinski definition) is 4. The van der Waals surface area contributed by atoms with Crippen molar-refractivity contribution in [2.45, 2.75) is 26.3 Å². The summed E-state index contributed by atoms with van der Waals surface area (Å²) in [4.78, 5) is 36.8. The molecule has 7 nitrogen and oxygen atoms in total. The summed E-state index contributed by atoms with van der Waals surface area (Å²) in [5.74, 6) is -0.375. The zero-order chi connectivity index (χ0) is 22.0. The highest BCUT2D eigenvalue weighted by atomic mass is 35.5. The molecule has 2 aromatic carbocycles. The van der Waals surface area contributed by atoms with Crippen molar-refractivity contribution in [2.75, 3.05) is 5.32 Å². The van der Waals surface area contributed by atoms with Crippen LogP contribution in [0.4, 0.5) is 5.69 Å². The molecule has 0 aliphatic heterocycles. The van der Waals surface area contributed by atoms with E-state index in [2.05, 4.69) is 15.7 Å². The van der Waals surface area contributed by atoms with Crippen molar-refractivity contribution in [3.8, 4) is 5.69 Å². The summed E-state index contributed by atoms with van der Waals surface area (Å²) < 4.78 is 1.53. The Labute approximate surface area is 184 Å². The van der Waals surface area contributed by atoms with Crippen molar-refractivity contribution in [3.05, 3.63) is 86.8 Å². The Morgan fingerprint density at radius 1 is 1.10 bits per heavy atom. The Bertz CT molecular complexity index is 1180. The summed E-state index contributed by atoms with van der Waals surface area (Å²) in [5.41, 5.74) is 2.22. The molecule has 2 N–H and O–H groups in total. The van der Waals surface area contributed by atoms with Crippen molar-refractivity contribution in [1.29, 1.82) is 0 Å². The maximum atomic E-state index is 12.6. The van der Waals surface area contributed by atoms with Gasteiger partial charge < -0.3 is 10.6 Å². The van der Waals surface area contributed by atoms with Gasteiger partial charge in [0.1, 0.15) is 0 Å². The van der Waals surface area contributed by atoms with Gasteiger partial charge in [0.25, 0.3) is 5.91 Å². The van der Waals surface area contributed by atoms with E-state index in [0.29, 0.717) is 16.4 Å². The van der Waals surface area contributed by atoms with Crippen LogP contribution in [0, 0.1) is 12.8 Å². The van der Waals surface area contributed by atoms with E-state index in [1.165, 1.54) is 10.7 Å². The minimum absolute atomic E-state index is 0.0449. The molecule has 1 aliphatic rings. The highest BCUT2D eigenvalue weighted by molar-refractivity contribution is 6.30. The largest absolute Gasteiger partial charge is 0.346 e. The third kappa shape index (κ3) is 5.00. The van der Waals surface area contributed by atoms with Crippen LogP contribution in [0.5, 0.6) is 0 Å². The first-order chi connectivity index (χ1) is 14.9. The van der Waals surface area contributed by atoms with Gasteiger partial charge in [0, 0.05) is 34.9 Å². The summed E-state index contributed by atoms with van der Waals surface area (Å²) in [7, 11) is 0. The van der Waals surface area contributed by atoms with Crippen LogP contribution < -0.4 is 16.1 Å². The molecule has 2 amide bonds. The summed E-state index contributed by atoms with van der Waals surface area (Å²) in [6, 6.07) is 15.6. The lowest BCUT2D eigenvalue weighted by Crippen LogP contribution is -2.31. The second kappa shape index (κ2) is 8.73. The average molecular weight is 437 g/mol.